The lowest BCUT2D eigenvalue weighted by Crippen LogP contribution is -2.17. The summed E-state index contributed by atoms with van der Waals surface area (Å²) in [7, 11) is 0. The highest BCUT2D eigenvalue weighted by Gasteiger charge is 2.15. The molecule has 3 rings (SSSR count). The molecule has 15 heavy (non-hydrogen) atoms. The van der Waals surface area contributed by atoms with Gasteiger partial charge in [0.25, 0.3) is 0 Å². The Morgan fingerprint density at radius 1 is 1.20 bits per heavy atom. The van der Waals surface area contributed by atoms with E-state index in [1.165, 1.54) is 12.8 Å². The van der Waals surface area contributed by atoms with Gasteiger partial charge in [0.2, 0.25) is 0 Å². The van der Waals surface area contributed by atoms with Crippen LogP contribution in [0, 0.1) is 0 Å². The van der Waals surface area contributed by atoms with Crippen molar-refractivity contribution in [3.8, 4) is 0 Å². The predicted molar refractivity (Wildman–Crippen MR) is 61.6 cm³/mol. The highest BCUT2D eigenvalue weighted by Crippen LogP contribution is 2.21. The van der Waals surface area contributed by atoms with Crippen LogP contribution in [-0.4, -0.2) is 22.7 Å². The Morgan fingerprint density at radius 3 is 2.80 bits per heavy atom. The average molecular weight is 222 g/mol. The zero-order valence-electron chi connectivity index (χ0n) is 8.36. The first kappa shape index (κ1) is 9.04. The first-order valence-corrected chi connectivity index (χ1v) is 5.61. The number of aromatic nitrogens is 2. The minimum atomic E-state index is 0.721. The molecule has 1 fully saturated rings. The number of fused-ring (bicyclic) bond motifs is 1. The van der Waals surface area contributed by atoms with E-state index < -0.39 is 0 Å². The quantitative estimate of drug-likeness (QED) is 0.738. The first-order valence-electron chi connectivity index (χ1n) is 5.23. The van der Waals surface area contributed by atoms with Gasteiger partial charge in [0.1, 0.15) is 0 Å². The van der Waals surface area contributed by atoms with E-state index in [4.69, 9.17) is 11.6 Å². The molecule has 0 N–H and O–H groups in total. The Balaban J connectivity index is 2.05. The number of halogens is 1. The van der Waals surface area contributed by atoms with E-state index in [0.29, 0.717) is 0 Å². The van der Waals surface area contributed by atoms with Gasteiger partial charge < -0.3 is 4.90 Å². The Hall–Kier alpha value is -1.22. The monoisotopic (exact) mass is 221 g/mol. The van der Waals surface area contributed by atoms with Crippen LogP contribution >= 0.6 is 11.6 Å². The molecule has 0 radical (unpaired) electrons. The number of hydrogen-bond acceptors (Lipinski definition) is 2. The van der Waals surface area contributed by atoms with Crippen molar-refractivity contribution in [1.29, 1.82) is 0 Å². The second kappa shape index (κ2) is 3.42. The molecule has 0 unspecified atom stereocenters. The van der Waals surface area contributed by atoms with Gasteiger partial charge >= 0.3 is 0 Å². The lowest BCUT2D eigenvalue weighted by molar-refractivity contribution is 0.884. The minimum Gasteiger partial charge on any atom is -0.355 e. The molecule has 0 bridgehead atoms. The van der Waals surface area contributed by atoms with Gasteiger partial charge in [-0.2, -0.15) is 5.10 Å². The number of rotatable bonds is 1. The van der Waals surface area contributed by atoms with Crippen molar-refractivity contribution in [2.24, 2.45) is 0 Å². The first-order chi connectivity index (χ1) is 7.33. The minimum absolute atomic E-state index is 0.721. The summed E-state index contributed by atoms with van der Waals surface area (Å²) in [6.07, 6.45) is 4.39. The largest absolute Gasteiger partial charge is 0.355 e. The summed E-state index contributed by atoms with van der Waals surface area (Å²) < 4.78 is 1.84. The molecule has 0 aromatic carbocycles. The molecule has 0 atom stereocenters. The van der Waals surface area contributed by atoms with E-state index in [2.05, 4.69) is 16.1 Å². The molecular weight excluding hydrogens is 210 g/mol. The van der Waals surface area contributed by atoms with E-state index in [1.54, 1.807) is 0 Å². The maximum atomic E-state index is 5.91. The van der Waals surface area contributed by atoms with Crippen LogP contribution in [0.5, 0.6) is 0 Å². The van der Waals surface area contributed by atoms with Crippen molar-refractivity contribution in [3.63, 3.8) is 0 Å². The van der Waals surface area contributed by atoms with Gasteiger partial charge in [-0.3, -0.25) is 0 Å². The van der Waals surface area contributed by atoms with E-state index in [0.717, 1.165) is 29.4 Å². The third kappa shape index (κ3) is 1.57. The molecule has 1 aliphatic rings. The van der Waals surface area contributed by atoms with Crippen LogP contribution in [0.25, 0.3) is 5.52 Å². The van der Waals surface area contributed by atoms with Crippen molar-refractivity contribution in [3.05, 3.63) is 29.4 Å². The Morgan fingerprint density at radius 2 is 2.00 bits per heavy atom. The molecule has 2 aromatic rings. The highest BCUT2D eigenvalue weighted by atomic mass is 35.5. The third-order valence-electron chi connectivity index (χ3n) is 2.84. The zero-order valence-corrected chi connectivity index (χ0v) is 9.11. The molecule has 4 heteroatoms. The van der Waals surface area contributed by atoms with Crippen molar-refractivity contribution < 1.29 is 0 Å². The lowest BCUT2D eigenvalue weighted by atomic mass is 10.4. The van der Waals surface area contributed by atoms with Crippen molar-refractivity contribution in [1.82, 2.24) is 9.61 Å². The van der Waals surface area contributed by atoms with Crippen LogP contribution < -0.4 is 4.90 Å². The van der Waals surface area contributed by atoms with Gasteiger partial charge in [-0.15, -0.1) is 0 Å². The molecular formula is C11H12ClN3. The summed E-state index contributed by atoms with van der Waals surface area (Å²) >= 11 is 5.91. The van der Waals surface area contributed by atoms with E-state index in [9.17, 15) is 0 Å². The standard InChI is InChI=1S/C11H12ClN3/c12-9-3-4-10-7-11(13-15(10)8-9)14-5-1-2-6-14/h3-4,7-8H,1-2,5-6H2. The molecule has 1 aliphatic heterocycles. The number of hydrogen-bond donors (Lipinski definition) is 0. The fourth-order valence-corrected chi connectivity index (χ4v) is 2.20. The zero-order chi connectivity index (χ0) is 10.3. The van der Waals surface area contributed by atoms with E-state index in [-0.39, 0.29) is 0 Å². The second-order valence-electron chi connectivity index (χ2n) is 3.91. The summed E-state index contributed by atoms with van der Waals surface area (Å²) in [5.41, 5.74) is 1.10. The molecule has 0 saturated carbocycles. The second-order valence-corrected chi connectivity index (χ2v) is 4.35. The normalized spacial score (nSPS) is 16.5. The number of anilines is 1. The third-order valence-corrected chi connectivity index (χ3v) is 3.06. The predicted octanol–water partition coefficient (Wildman–Crippen LogP) is 2.59. The molecule has 3 nitrogen and oxygen atoms in total. The fraction of sp³-hybridized carbons (Fsp3) is 0.364. The number of pyridine rings is 1. The molecule has 3 heterocycles. The number of nitrogens with zero attached hydrogens (tertiary/aromatic N) is 3. The van der Waals surface area contributed by atoms with Crippen LogP contribution in [0.2, 0.25) is 5.02 Å². The summed E-state index contributed by atoms with van der Waals surface area (Å²) in [6.45, 7) is 2.25. The van der Waals surface area contributed by atoms with Gasteiger partial charge in [-0.05, 0) is 25.0 Å². The SMILES string of the molecule is Clc1ccc2cc(N3CCCC3)nn2c1. The van der Waals surface area contributed by atoms with Gasteiger partial charge in [0.05, 0.1) is 10.5 Å². The Labute approximate surface area is 93.3 Å². The molecule has 78 valence electrons. The van der Waals surface area contributed by atoms with Crippen molar-refractivity contribution in [2.45, 2.75) is 12.8 Å². The smallest absolute Gasteiger partial charge is 0.151 e. The maximum Gasteiger partial charge on any atom is 0.151 e. The fourth-order valence-electron chi connectivity index (χ4n) is 2.05. The van der Waals surface area contributed by atoms with Crippen molar-refractivity contribution in [2.75, 3.05) is 18.0 Å². The molecule has 2 aromatic heterocycles. The van der Waals surface area contributed by atoms with Crippen LogP contribution in [0.15, 0.2) is 24.4 Å². The molecule has 1 saturated heterocycles. The van der Waals surface area contributed by atoms with Crippen LogP contribution in [-0.2, 0) is 0 Å². The molecule has 0 aliphatic carbocycles. The van der Waals surface area contributed by atoms with Crippen LogP contribution in [0.3, 0.4) is 0 Å². The Bertz CT molecular complexity index is 486. The Kier molecular flexibility index (Phi) is 2.06. The average Bonchev–Trinajstić information content (AvgIpc) is 2.84. The van der Waals surface area contributed by atoms with Gasteiger partial charge in [0, 0.05) is 25.4 Å². The van der Waals surface area contributed by atoms with Crippen LogP contribution in [0.4, 0.5) is 5.82 Å². The van der Waals surface area contributed by atoms with Crippen LogP contribution in [0.1, 0.15) is 12.8 Å². The van der Waals surface area contributed by atoms with Gasteiger partial charge in [0.15, 0.2) is 5.82 Å². The molecule has 0 spiro atoms. The molecule has 0 amide bonds. The van der Waals surface area contributed by atoms with E-state index in [1.807, 2.05) is 22.8 Å². The van der Waals surface area contributed by atoms with Crippen molar-refractivity contribution >= 4 is 22.9 Å². The topological polar surface area (TPSA) is 20.5 Å². The summed E-state index contributed by atoms with van der Waals surface area (Å²) in [5, 5.41) is 5.23. The van der Waals surface area contributed by atoms with Gasteiger partial charge in [-0.25, -0.2) is 4.52 Å². The summed E-state index contributed by atoms with van der Waals surface area (Å²) in [5.74, 6) is 1.06. The van der Waals surface area contributed by atoms with Gasteiger partial charge in [-0.1, -0.05) is 11.6 Å². The van der Waals surface area contributed by atoms with E-state index >= 15 is 0 Å². The summed E-state index contributed by atoms with van der Waals surface area (Å²) in [4.78, 5) is 2.32. The highest BCUT2D eigenvalue weighted by molar-refractivity contribution is 6.30. The maximum absolute atomic E-state index is 5.91. The summed E-state index contributed by atoms with van der Waals surface area (Å²) in [6, 6.07) is 6.00. The lowest BCUT2D eigenvalue weighted by Gasteiger charge is -2.12.